The largest absolute Gasteiger partial charge is 0.497 e. The molecule has 0 aromatic heterocycles. The van der Waals surface area contributed by atoms with Crippen molar-refractivity contribution in [2.45, 2.75) is 25.8 Å². The molecule has 0 unspecified atom stereocenters. The van der Waals surface area contributed by atoms with Crippen molar-refractivity contribution in [1.29, 1.82) is 0 Å². The van der Waals surface area contributed by atoms with Gasteiger partial charge in [-0.3, -0.25) is 4.79 Å². The maximum Gasteiger partial charge on any atom is 0.244 e. The first-order valence-corrected chi connectivity index (χ1v) is 10.8. The van der Waals surface area contributed by atoms with E-state index in [4.69, 9.17) is 25.8 Å². The van der Waals surface area contributed by atoms with Crippen molar-refractivity contribution in [1.82, 2.24) is 5.32 Å². The number of rotatable bonds is 8. The molecule has 1 aliphatic heterocycles. The molecule has 3 rings (SSSR count). The highest BCUT2D eigenvalue weighted by Crippen LogP contribution is 2.36. The third kappa shape index (κ3) is 6.07. The van der Waals surface area contributed by atoms with Crippen LogP contribution in [0.15, 0.2) is 42.5 Å². The quantitative estimate of drug-likeness (QED) is 0.605. The molecule has 2 aromatic rings. The maximum atomic E-state index is 12.4. The summed E-state index contributed by atoms with van der Waals surface area (Å²) >= 11 is 6.27. The zero-order valence-electron chi connectivity index (χ0n) is 18.2. The van der Waals surface area contributed by atoms with Crippen LogP contribution in [0.5, 0.6) is 17.2 Å². The Balaban J connectivity index is 1.53. The lowest BCUT2D eigenvalue weighted by atomic mass is 10.0. The Bertz CT molecular complexity index is 907. The molecule has 0 aliphatic carbocycles. The Kier molecular flexibility index (Phi) is 8.06. The zero-order valence-corrected chi connectivity index (χ0v) is 18.9. The van der Waals surface area contributed by atoms with Gasteiger partial charge in [0.25, 0.3) is 0 Å². The molecule has 1 aliphatic rings. The molecular weight excluding hydrogens is 416 g/mol. The summed E-state index contributed by atoms with van der Waals surface area (Å²) in [6.07, 6.45) is 5.06. The topological polar surface area (TPSA) is 60.0 Å². The van der Waals surface area contributed by atoms with Crippen LogP contribution in [0.1, 0.15) is 25.3 Å². The van der Waals surface area contributed by atoms with E-state index >= 15 is 0 Å². The highest BCUT2D eigenvalue weighted by atomic mass is 35.5. The van der Waals surface area contributed by atoms with E-state index in [1.807, 2.05) is 25.1 Å². The van der Waals surface area contributed by atoms with Gasteiger partial charge in [0.15, 0.2) is 11.5 Å². The number of amides is 1. The molecule has 1 N–H and O–H groups in total. The van der Waals surface area contributed by atoms with Crippen molar-refractivity contribution in [2.75, 3.05) is 38.8 Å². The highest BCUT2D eigenvalue weighted by molar-refractivity contribution is 6.32. The molecular formula is C24H29ClN2O4. The third-order valence-corrected chi connectivity index (χ3v) is 5.52. The summed E-state index contributed by atoms with van der Waals surface area (Å²) in [6, 6.07) is 11.8. The second kappa shape index (κ2) is 11.0. The van der Waals surface area contributed by atoms with E-state index in [1.54, 1.807) is 26.4 Å². The van der Waals surface area contributed by atoms with Gasteiger partial charge in [0.1, 0.15) is 5.75 Å². The van der Waals surface area contributed by atoms with Crippen LogP contribution >= 0.6 is 11.6 Å². The van der Waals surface area contributed by atoms with Gasteiger partial charge in [0, 0.05) is 30.9 Å². The number of piperidine rings is 1. The molecule has 166 valence electrons. The molecule has 0 radical (unpaired) electrons. The summed E-state index contributed by atoms with van der Waals surface area (Å²) in [4.78, 5) is 14.7. The van der Waals surface area contributed by atoms with Crippen LogP contribution in [0.2, 0.25) is 5.02 Å². The predicted molar refractivity (Wildman–Crippen MR) is 125 cm³/mol. The van der Waals surface area contributed by atoms with Gasteiger partial charge in [-0.25, -0.2) is 0 Å². The SMILES string of the molecule is CCOc1cc(/C=C/C(=O)NC2CCN(c3ccc(OC)cc3)CC2)cc(Cl)c1OC. The zero-order chi connectivity index (χ0) is 22.2. The fraction of sp³-hybridized carbons (Fsp3) is 0.375. The Morgan fingerprint density at radius 1 is 1.16 bits per heavy atom. The number of halogens is 1. The number of carbonyl (C=O) groups excluding carboxylic acids is 1. The van der Waals surface area contributed by atoms with Crippen LogP contribution in [0, 0.1) is 0 Å². The van der Waals surface area contributed by atoms with Gasteiger partial charge < -0.3 is 24.4 Å². The van der Waals surface area contributed by atoms with Gasteiger partial charge in [0.2, 0.25) is 5.91 Å². The van der Waals surface area contributed by atoms with E-state index < -0.39 is 0 Å². The molecule has 1 amide bonds. The van der Waals surface area contributed by atoms with Gasteiger partial charge in [-0.05, 0) is 67.8 Å². The number of methoxy groups -OCH3 is 2. The van der Waals surface area contributed by atoms with Gasteiger partial charge >= 0.3 is 0 Å². The average molecular weight is 445 g/mol. The fourth-order valence-corrected chi connectivity index (χ4v) is 3.94. The Morgan fingerprint density at radius 2 is 1.87 bits per heavy atom. The van der Waals surface area contributed by atoms with Crippen LogP contribution in [0.4, 0.5) is 5.69 Å². The predicted octanol–water partition coefficient (Wildman–Crippen LogP) is 4.55. The van der Waals surface area contributed by atoms with Crippen LogP contribution < -0.4 is 24.4 Å². The smallest absolute Gasteiger partial charge is 0.244 e. The second-order valence-electron chi connectivity index (χ2n) is 7.27. The lowest BCUT2D eigenvalue weighted by Gasteiger charge is -2.33. The molecule has 1 heterocycles. The minimum absolute atomic E-state index is 0.118. The number of hydrogen-bond donors (Lipinski definition) is 1. The number of ether oxygens (including phenoxy) is 3. The van der Waals surface area contributed by atoms with E-state index in [0.717, 1.165) is 37.2 Å². The maximum absolute atomic E-state index is 12.4. The summed E-state index contributed by atoms with van der Waals surface area (Å²) in [5.41, 5.74) is 1.95. The molecule has 6 nitrogen and oxygen atoms in total. The van der Waals surface area contributed by atoms with E-state index in [1.165, 1.54) is 11.8 Å². The summed E-state index contributed by atoms with van der Waals surface area (Å²) in [7, 11) is 3.21. The molecule has 0 atom stereocenters. The van der Waals surface area contributed by atoms with Gasteiger partial charge in [-0.2, -0.15) is 0 Å². The monoisotopic (exact) mass is 444 g/mol. The summed E-state index contributed by atoms with van der Waals surface area (Å²) < 4.78 is 16.1. The average Bonchev–Trinajstić information content (AvgIpc) is 2.78. The highest BCUT2D eigenvalue weighted by Gasteiger charge is 2.20. The molecule has 0 saturated carbocycles. The van der Waals surface area contributed by atoms with E-state index in [2.05, 4.69) is 22.3 Å². The van der Waals surface area contributed by atoms with Gasteiger partial charge in [-0.15, -0.1) is 0 Å². The van der Waals surface area contributed by atoms with Crippen molar-refractivity contribution < 1.29 is 19.0 Å². The molecule has 0 spiro atoms. The number of nitrogens with zero attached hydrogens (tertiary/aromatic N) is 1. The summed E-state index contributed by atoms with van der Waals surface area (Å²) in [6.45, 7) is 4.18. The van der Waals surface area contributed by atoms with E-state index in [0.29, 0.717) is 23.1 Å². The molecule has 0 bridgehead atoms. The van der Waals surface area contributed by atoms with Crippen molar-refractivity contribution in [2.24, 2.45) is 0 Å². The fourth-order valence-electron chi connectivity index (χ4n) is 3.64. The number of anilines is 1. The van der Waals surface area contributed by atoms with Crippen molar-refractivity contribution in [3.8, 4) is 17.2 Å². The van der Waals surface area contributed by atoms with Crippen molar-refractivity contribution in [3.63, 3.8) is 0 Å². The standard InChI is InChI=1S/C24H29ClN2O4/c1-4-31-22-16-17(15-21(25)24(22)30-3)5-10-23(28)26-18-11-13-27(14-12-18)19-6-8-20(29-2)9-7-19/h5-10,15-16,18H,4,11-14H2,1-3H3,(H,26,28)/b10-5+. The Labute approximate surface area is 188 Å². The number of hydrogen-bond acceptors (Lipinski definition) is 5. The first-order valence-electron chi connectivity index (χ1n) is 10.4. The van der Waals surface area contributed by atoms with Gasteiger partial charge in [0.05, 0.1) is 25.8 Å². The van der Waals surface area contributed by atoms with Gasteiger partial charge in [-0.1, -0.05) is 11.6 Å². The molecule has 2 aromatic carbocycles. The molecule has 7 heteroatoms. The lowest BCUT2D eigenvalue weighted by Crippen LogP contribution is -2.44. The third-order valence-electron chi connectivity index (χ3n) is 5.24. The minimum Gasteiger partial charge on any atom is -0.497 e. The Hall–Kier alpha value is -2.86. The molecule has 1 fully saturated rings. The number of nitrogens with one attached hydrogen (secondary N) is 1. The number of carbonyl (C=O) groups is 1. The first-order chi connectivity index (χ1) is 15.0. The normalized spacial score (nSPS) is 14.5. The summed E-state index contributed by atoms with van der Waals surface area (Å²) in [5, 5.41) is 3.54. The van der Waals surface area contributed by atoms with E-state index in [9.17, 15) is 4.79 Å². The van der Waals surface area contributed by atoms with Crippen molar-refractivity contribution in [3.05, 3.63) is 53.1 Å². The van der Waals surface area contributed by atoms with Crippen LogP contribution in [-0.2, 0) is 4.79 Å². The lowest BCUT2D eigenvalue weighted by molar-refractivity contribution is -0.117. The minimum atomic E-state index is -0.118. The summed E-state index contributed by atoms with van der Waals surface area (Å²) in [5.74, 6) is 1.79. The van der Waals surface area contributed by atoms with Crippen molar-refractivity contribution >= 4 is 29.3 Å². The van der Waals surface area contributed by atoms with Crippen LogP contribution in [0.3, 0.4) is 0 Å². The number of benzene rings is 2. The Morgan fingerprint density at radius 3 is 2.48 bits per heavy atom. The van der Waals surface area contributed by atoms with Crippen LogP contribution in [0.25, 0.3) is 6.08 Å². The first kappa shape index (κ1) is 22.8. The van der Waals surface area contributed by atoms with E-state index in [-0.39, 0.29) is 11.9 Å². The molecule has 31 heavy (non-hydrogen) atoms. The second-order valence-corrected chi connectivity index (χ2v) is 7.68. The van der Waals surface area contributed by atoms with Crippen LogP contribution in [-0.4, -0.2) is 45.9 Å². The molecule has 1 saturated heterocycles.